The molecule has 2 fully saturated rings. The molecule has 0 bridgehead atoms. The van der Waals surface area contributed by atoms with E-state index in [0.29, 0.717) is 6.04 Å². The number of aromatic nitrogens is 2. The number of benzene rings is 1. The van der Waals surface area contributed by atoms with Crippen molar-refractivity contribution in [3.63, 3.8) is 0 Å². The summed E-state index contributed by atoms with van der Waals surface area (Å²) in [4.78, 5) is 10.9. The normalized spacial score (nSPS) is 27.6. The summed E-state index contributed by atoms with van der Waals surface area (Å²) in [6.07, 6.45) is 7.32. The van der Waals surface area contributed by atoms with E-state index in [4.69, 9.17) is 4.74 Å². The highest BCUT2D eigenvalue weighted by Crippen LogP contribution is 2.36. The molecular weight excluding hydrogens is 288 g/mol. The fourth-order valence-electron chi connectivity index (χ4n) is 3.71. The molecule has 2 atom stereocenters. The fourth-order valence-corrected chi connectivity index (χ4v) is 3.71. The van der Waals surface area contributed by atoms with Crippen molar-refractivity contribution in [2.45, 2.75) is 31.0 Å². The second-order valence-corrected chi connectivity index (χ2v) is 6.58. The van der Waals surface area contributed by atoms with Crippen LogP contribution in [0.15, 0.2) is 48.9 Å². The Kier molecular flexibility index (Phi) is 3.97. The van der Waals surface area contributed by atoms with Crippen molar-refractivity contribution in [2.75, 3.05) is 25.0 Å². The topological polar surface area (TPSA) is 50.3 Å². The van der Waals surface area contributed by atoms with Gasteiger partial charge in [-0.25, -0.2) is 4.98 Å². The van der Waals surface area contributed by atoms with E-state index in [2.05, 4.69) is 50.5 Å². The first-order valence-electron chi connectivity index (χ1n) is 8.24. The molecule has 5 nitrogen and oxygen atoms in total. The van der Waals surface area contributed by atoms with Crippen LogP contribution >= 0.6 is 0 Å². The first kappa shape index (κ1) is 14.6. The average molecular weight is 310 g/mol. The number of ether oxygens (including phenoxy) is 1. The SMILES string of the molecule is c1ccc(CN2CCC3(CC(Nc4cnccn4)CO3)C2)cc1. The monoisotopic (exact) mass is 310 g/mol. The Morgan fingerprint density at radius 3 is 3.00 bits per heavy atom. The molecule has 4 rings (SSSR count). The largest absolute Gasteiger partial charge is 0.371 e. The first-order valence-corrected chi connectivity index (χ1v) is 8.24. The Balaban J connectivity index is 1.34. The number of nitrogens with one attached hydrogen (secondary N) is 1. The van der Waals surface area contributed by atoms with Crippen molar-refractivity contribution < 1.29 is 4.74 Å². The molecule has 2 aliphatic rings. The van der Waals surface area contributed by atoms with E-state index in [1.807, 2.05) is 0 Å². The van der Waals surface area contributed by atoms with E-state index in [9.17, 15) is 0 Å². The Labute approximate surface area is 136 Å². The average Bonchev–Trinajstić information content (AvgIpc) is 3.16. The Morgan fingerprint density at radius 2 is 2.17 bits per heavy atom. The summed E-state index contributed by atoms with van der Waals surface area (Å²) in [6, 6.07) is 11.0. The van der Waals surface area contributed by atoms with Crippen LogP contribution in [0.25, 0.3) is 0 Å². The molecule has 2 aromatic rings. The molecule has 2 aliphatic heterocycles. The van der Waals surface area contributed by atoms with Gasteiger partial charge >= 0.3 is 0 Å². The molecule has 2 unspecified atom stereocenters. The molecular formula is C18H22N4O. The zero-order chi connectivity index (χ0) is 15.5. The van der Waals surface area contributed by atoms with Gasteiger partial charge in [0.1, 0.15) is 5.82 Å². The first-order chi connectivity index (χ1) is 11.3. The number of nitrogens with zero attached hydrogens (tertiary/aromatic N) is 3. The van der Waals surface area contributed by atoms with Crippen LogP contribution in [-0.2, 0) is 11.3 Å². The predicted molar refractivity (Wildman–Crippen MR) is 89.1 cm³/mol. The zero-order valence-electron chi connectivity index (χ0n) is 13.2. The molecule has 3 heterocycles. The van der Waals surface area contributed by atoms with Crippen LogP contribution in [0.1, 0.15) is 18.4 Å². The van der Waals surface area contributed by atoms with E-state index in [0.717, 1.165) is 44.9 Å². The summed E-state index contributed by atoms with van der Waals surface area (Å²) in [6.45, 7) is 3.87. The van der Waals surface area contributed by atoms with Crippen LogP contribution in [0, 0.1) is 0 Å². The lowest BCUT2D eigenvalue weighted by atomic mass is 9.97. The van der Waals surface area contributed by atoms with Crippen molar-refractivity contribution in [1.29, 1.82) is 0 Å². The molecule has 2 saturated heterocycles. The van der Waals surface area contributed by atoms with Gasteiger partial charge in [-0.3, -0.25) is 9.88 Å². The minimum absolute atomic E-state index is 0.00859. The third-order valence-corrected chi connectivity index (χ3v) is 4.77. The van der Waals surface area contributed by atoms with E-state index in [1.54, 1.807) is 18.6 Å². The number of hydrogen-bond donors (Lipinski definition) is 1. The molecule has 120 valence electrons. The summed E-state index contributed by atoms with van der Waals surface area (Å²) in [5.41, 5.74) is 1.38. The smallest absolute Gasteiger partial charge is 0.144 e. The maximum absolute atomic E-state index is 6.20. The summed E-state index contributed by atoms with van der Waals surface area (Å²) < 4.78 is 6.20. The van der Waals surface area contributed by atoms with Gasteiger partial charge in [-0.1, -0.05) is 30.3 Å². The molecule has 23 heavy (non-hydrogen) atoms. The summed E-state index contributed by atoms with van der Waals surface area (Å²) in [7, 11) is 0. The van der Waals surface area contributed by atoms with E-state index in [1.165, 1.54) is 5.56 Å². The highest BCUT2D eigenvalue weighted by atomic mass is 16.5. The molecule has 1 N–H and O–H groups in total. The fraction of sp³-hybridized carbons (Fsp3) is 0.444. The van der Waals surface area contributed by atoms with Gasteiger partial charge in [0.25, 0.3) is 0 Å². The second-order valence-electron chi connectivity index (χ2n) is 6.58. The highest BCUT2D eigenvalue weighted by Gasteiger charge is 2.45. The molecule has 1 spiro atoms. The maximum atomic E-state index is 6.20. The second kappa shape index (κ2) is 6.26. The minimum atomic E-state index is 0.00859. The van der Waals surface area contributed by atoms with Crippen LogP contribution in [-0.4, -0.2) is 46.2 Å². The minimum Gasteiger partial charge on any atom is -0.371 e. The highest BCUT2D eigenvalue weighted by molar-refractivity contribution is 5.32. The molecule has 0 saturated carbocycles. The Morgan fingerprint density at radius 1 is 1.26 bits per heavy atom. The van der Waals surface area contributed by atoms with Crippen molar-refractivity contribution in [1.82, 2.24) is 14.9 Å². The van der Waals surface area contributed by atoms with Crippen molar-refractivity contribution in [3.05, 3.63) is 54.5 Å². The zero-order valence-corrected chi connectivity index (χ0v) is 13.2. The van der Waals surface area contributed by atoms with Crippen molar-refractivity contribution in [3.8, 4) is 0 Å². The lowest BCUT2D eigenvalue weighted by Gasteiger charge is -2.23. The van der Waals surface area contributed by atoms with Crippen LogP contribution in [0.3, 0.4) is 0 Å². The standard InChI is InChI=1S/C18H22N4O/c1-2-4-15(5-3-1)12-22-9-6-18(14-22)10-16(13-23-18)21-17-11-19-7-8-20-17/h1-5,7-8,11,16H,6,9-10,12-14H2,(H,20,21). The quantitative estimate of drug-likeness (QED) is 0.939. The number of rotatable bonds is 4. The Hall–Kier alpha value is -1.98. The van der Waals surface area contributed by atoms with Crippen LogP contribution in [0.5, 0.6) is 0 Å². The number of likely N-dealkylation sites (tertiary alicyclic amines) is 1. The lowest BCUT2D eigenvalue weighted by Crippen LogP contribution is -2.33. The van der Waals surface area contributed by atoms with Crippen molar-refractivity contribution >= 4 is 5.82 Å². The van der Waals surface area contributed by atoms with Crippen LogP contribution < -0.4 is 5.32 Å². The Bertz CT molecular complexity index is 576. The van der Waals surface area contributed by atoms with Crippen LogP contribution in [0.4, 0.5) is 5.82 Å². The maximum Gasteiger partial charge on any atom is 0.144 e. The van der Waals surface area contributed by atoms with Gasteiger partial charge in [0.05, 0.1) is 24.4 Å². The van der Waals surface area contributed by atoms with E-state index in [-0.39, 0.29) is 5.60 Å². The summed E-state index contributed by atoms with van der Waals surface area (Å²) in [5, 5.41) is 3.44. The van der Waals surface area contributed by atoms with Gasteiger partial charge in [-0.05, 0) is 12.0 Å². The molecule has 0 amide bonds. The van der Waals surface area contributed by atoms with E-state index < -0.39 is 0 Å². The lowest BCUT2D eigenvalue weighted by molar-refractivity contribution is 0.0120. The van der Waals surface area contributed by atoms with Gasteiger partial charge < -0.3 is 10.1 Å². The number of hydrogen-bond acceptors (Lipinski definition) is 5. The molecule has 1 aromatic carbocycles. The predicted octanol–water partition coefficient (Wildman–Crippen LogP) is 2.32. The molecule has 5 heteroatoms. The summed E-state index contributed by atoms with van der Waals surface area (Å²) in [5.74, 6) is 0.831. The van der Waals surface area contributed by atoms with Crippen molar-refractivity contribution in [2.24, 2.45) is 0 Å². The van der Waals surface area contributed by atoms with Gasteiger partial charge in [-0.2, -0.15) is 0 Å². The molecule has 0 aliphatic carbocycles. The van der Waals surface area contributed by atoms with Gasteiger partial charge in [-0.15, -0.1) is 0 Å². The summed E-state index contributed by atoms with van der Waals surface area (Å²) >= 11 is 0. The number of anilines is 1. The van der Waals surface area contributed by atoms with Gasteiger partial charge in [0.2, 0.25) is 0 Å². The molecule has 1 aromatic heterocycles. The third kappa shape index (κ3) is 3.35. The third-order valence-electron chi connectivity index (χ3n) is 4.77. The van der Waals surface area contributed by atoms with Gasteiger partial charge in [0.15, 0.2) is 0 Å². The van der Waals surface area contributed by atoms with Crippen LogP contribution in [0.2, 0.25) is 0 Å². The van der Waals surface area contributed by atoms with Gasteiger partial charge in [0, 0.05) is 38.4 Å². The molecule has 0 radical (unpaired) electrons. The van der Waals surface area contributed by atoms with E-state index >= 15 is 0 Å².